The first kappa shape index (κ1) is 15.0. The van der Waals surface area contributed by atoms with Crippen LogP contribution in [0, 0.1) is 6.92 Å². The van der Waals surface area contributed by atoms with E-state index in [1.54, 1.807) is 6.07 Å². The summed E-state index contributed by atoms with van der Waals surface area (Å²) in [5.41, 5.74) is 8.22. The monoisotopic (exact) mass is 275 g/mol. The van der Waals surface area contributed by atoms with Gasteiger partial charge in [0, 0.05) is 24.7 Å². The number of rotatable bonds is 6. The SMILES string of the molecule is CCN1CCCC1CNCc1ccc(C(N)=O)cc1C. The highest BCUT2D eigenvalue weighted by Gasteiger charge is 2.22. The van der Waals surface area contributed by atoms with Gasteiger partial charge in [-0.05, 0) is 56.1 Å². The quantitative estimate of drug-likeness (QED) is 0.830. The number of carbonyl (C=O) groups excluding carboxylic acids is 1. The Labute approximate surface area is 121 Å². The number of likely N-dealkylation sites (N-methyl/N-ethyl adjacent to an activating group) is 1. The predicted octanol–water partition coefficient (Wildman–Crippen LogP) is 1.67. The Kier molecular flexibility index (Phi) is 5.15. The molecule has 1 aliphatic rings. The highest BCUT2D eigenvalue weighted by molar-refractivity contribution is 5.93. The summed E-state index contributed by atoms with van der Waals surface area (Å²) < 4.78 is 0. The lowest BCUT2D eigenvalue weighted by molar-refractivity contribution is 0.1000. The Morgan fingerprint density at radius 1 is 1.50 bits per heavy atom. The lowest BCUT2D eigenvalue weighted by atomic mass is 10.0. The van der Waals surface area contributed by atoms with Crippen molar-refractivity contribution >= 4 is 5.91 Å². The Balaban J connectivity index is 1.86. The van der Waals surface area contributed by atoms with Crippen LogP contribution in [0.25, 0.3) is 0 Å². The summed E-state index contributed by atoms with van der Waals surface area (Å²) in [5.74, 6) is -0.364. The van der Waals surface area contributed by atoms with E-state index in [1.807, 2.05) is 19.1 Å². The Morgan fingerprint density at radius 3 is 2.95 bits per heavy atom. The number of benzene rings is 1. The van der Waals surface area contributed by atoms with Gasteiger partial charge < -0.3 is 11.1 Å². The van der Waals surface area contributed by atoms with Crippen molar-refractivity contribution in [1.82, 2.24) is 10.2 Å². The zero-order valence-corrected chi connectivity index (χ0v) is 12.5. The van der Waals surface area contributed by atoms with Crippen LogP contribution < -0.4 is 11.1 Å². The number of nitrogens with two attached hydrogens (primary N) is 1. The molecule has 0 aromatic heterocycles. The smallest absolute Gasteiger partial charge is 0.248 e. The maximum absolute atomic E-state index is 11.1. The molecule has 1 aromatic rings. The van der Waals surface area contributed by atoms with Gasteiger partial charge in [-0.15, -0.1) is 0 Å². The summed E-state index contributed by atoms with van der Waals surface area (Å²) in [6.07, 6.45) is 2.60. The highest BCUT2D eigenvalue weighted by atomic mass is 16.1. The van der Waals surface area contributed by atoms with Gasteiger partial charge in [-0.25, -0.2) is 0 Å². The zero-order chi connectivity index (χ0) is 14.5. The number of amides is 1. The summed E-state index contributed by atoms with van der Waals surface area (Å²) >= 11 is 0. The highest BCUT2D eigenvalue weighted by Crippen LogP contribution is 2.16. The summed E-state index contributed by atoms with van der Waals surface area (Å²) in [6.45, 7) is 8.50. The number of carbonyl (C=O) groups is 1. The van der Waals surface area contributed by atoms with Gasteiger partial charge in [-0.1, -0.05) is 13.0 Å². The number of nitrogens with zero attached hydrogens (tertiary/aromatic N) is 1. The number of hydrogen-bond acceptors (Lipinski definition) is 3. The van der Waals surface area contributed by atoms with Gasteiger partial charge in [0.2, 0.25) is 5.91 Å². The van der Waals surface area contributed by atoms with Crippen molar-refractivity contribution in [3.05, 3.63) is 34.9 Å². The fourth-order valence-electron chi connectivity index (χ4n) is 2.96. The first-order valence-electron chi connectivity index (χ1n) is 7.46. The molecule has 1 aromatic carbocycles. The average molecular weight is 275 g/mol. The van der Waals surface area contributed by atoms with Crippen molar-refractivity contribution in [2.45, 2.75) is 39.3 Å². The minimum Gasteiger partial charge on any atom is -0.366 e. The Morgan fingerprint density at radius 2 is 2.30 bits per heavy atom. The van der Waals surface area contributed by atoms with Gasteiger partial charge in [0.15, 0.2) is 0 Å². The minimum atomic E-state index is -0.364. The van der Waals surface area contributed by atoms with Gasteiger partial charge in [-0.3, -0.25) is 9.69 Å². The van der Waals surface area contributed by atoms with Gasteiger partial charge in [0.25, 0.3) is 0 Å². The lowest BCUT2D eigenvalue weighted by Gasteiger charge is -2.23. The fourth-order valence-corrected chi connectivity index (χ4v) is 2.96. The number of hydrogen-bond donors (Lipinski definition) is 2. The molecule has 1 aliphatic heterocycles. The topological polar surface area (TPSA) is 58.4 Å². The summed E-state index contributed by atoms with van der Waals surface area (Å²) in [4.78, 5) is 13.7. The molecule has 0 radical (unpaired) electrons. The third-order valence-corrected chi connectivity index (χ3v) is 4.23. The van der Waals surface area contributed by atoms with Gasteiger partial charge in [0.05, 0.1) is 0 Å². The largest absolute Gasteiger partial charge is 0.366 e. The van der Waals surface area contributed by atoms with Crippen LogP contribution in [0.15, 0.2) is 18.2 Å². The molecule has 1 unspecified atom stereocenters. The standard InChI is InChI=1S/C16H25N3O/c1-3-19-8-4-5-15(19)11-18-10-14-7-6-13(16(17)20)9-12(14)2/h6-7,9,15,18H,3-5,8,10-11H2,1-2H3,(H2,17,20). The number of primary amides is 1. The summed E-state index contributed by atoms with van der Waals surface area (Å²) in [7, 11) is 0. The van der Waals surface area contributed by atoms with E-state index in [1.165, 1.54) is 24.9 Å². The van der Waals surface area contributed by atoms with Crippen molar-refractivity contribution < 1.29 is 4.79 Å². The second kappa shape index (κ2) is 6.86. The van der Waals surface area contributed by atoms with Crippen molar-refractivity contribution in [3.8, 4) is 0 Å². The summed E-state index contributed by atoms with van der Waals surface area (Å²) in [6, 6.07) is 6.34. The molecule has 0 spiro atoms. The van der Waals surface area contributed by atoms with Crippen molar-refractivity contribution in [1.29, 1.82) is 0 Å². The van der Waals surface area contributed by atoms with E-state index < -0.39 is 0 Å². The van der Waals surface area contributed by atoms with Crippen LogP contribution in [0.4, 0.5) is 0 Å². The normalized spacial score (nSPS) is 19.4. The van der Waals surface area contributed by atoms with Gasteiger partial charge in [-0.2, -0.15) is 0 Å². The van der Waals surface area contributed by atoms with Crippen LogP contribution >= 0.6 is 0 Å². The lowest BCUT2D eigenvalue weighted by Crippen LogP contribution is -2.37. The third-order valence-electron chi connectivity index (χ3n) is 4.23. The van der Waals surface area contributed by atoms with Crippen LogP contribution in [0.3, 0.4) is 0 Å². The molecular formula is C16H25N3O. The van der Waals surface area contributed by atoms with E-state index in [0.29, 0.717) is 11.6 Å². The van der Waals surface area contributed by atoms with Crippen LogP contribution in [-0.2, 0) is 6.54 Å². The van der Waals surface area contributed by atoms with Crippen molar-refractivity contribution in [2.75, 3.05) is 19.6 Å². The average Bonchev–Trinajstić information content (AvgIpc) is 2.87. The molecule has 1 atom stereocenters. The maximum atomic E-state index is 11.1. The second-order valence-corrected chi connectivity index (χ2v) is 5.56. The maximum Gasteiger partial charge on any atom is 0.248 e. The molecule has 0 bridgehead atoms. The Bertz CT molecular complexity index is 473. The van der Waals surface area contributed by atoms with E-state index in [-0.39, 0.29) is 5.91 Å². The minimum absolute atomic E-state index is 0.364. The molecular weight excluding hydrogens is 250 g/mol. The van der Waals surface area contributed by atoms with E-state index in [0.717, 1.165) is 25.2 Å². The third kappa shape index (κ3) is 3.58. The molecule has 0 aliphatic carbocycles. The predicted molar refractivity (Wildman–Crippen MR) is 81.7 cm³/mol. The number of likely N-dealkylation sites (tertiary alicyclic amines) is 1. The molecule has 0 saturated carbocycles. The fraction of sp³-hybridized carbons (Fsp3) is 0.562. The van der Waals surface area contributed by atoms with E-state index >= 15 is 0 Å². The van der Waals surface area contributed by atoms with Crippen molar-refractivity contribution in [3.63, 3.8) is 0 Å². The van der Waals surface area contributed by atoms with Gasteiger partial charge >= 0.3 is 0 Å². The Hall–Kier alpha value is -1.39. The first-order chi connectivity index (χ1) is 9.61. The molecule has 2 rings (SSSR count). The molecule has 1 amide bonds. The molecule has 20 heavy (non-hydrogen) atoms. The van der Waals surface area contributed by atoms with Gasteiger partial charge in [0.1, 0.15) is 0 Å². The second-order valence-electron chi connectivity index (χ2n) is 5.56. The van der Waals surface area contributed by atoms with E-state index in [2.05, 4.69) is 17.1 Å². The molecule has 1 fully saturated rings. The number of aryl methyl sites for hydroxylation is 1. The van der Waals surface area contributed by atoms with E-state index in [4.69, 9.17) is 5.73 Å². The molecule has 1 heterocycles. The molecule has 3 N–H and O–H groups in total. The molecule has 4 nitrogen and oxygen atoms in total. The van der Waals surface area contributed by atoms with Crippen molar-refractivity contribution in [2.24, 2.45) is 5.73 Å². The van der Waals surface area contributed by atoms with Crippen LogP contribution in [-0.4, -0.2) is 36.5 Å². The summed E-state index contributed by atoms with van der Waals surface area (Å²) in [5, 5.41) is 3.54. The zero-order valence-electron chi connectivity index (χ0n) is 12.5. The molecule has 4 heteroatoms. The van der Waals surface area contributed by atoms with Crippen LogP contribution in [0.2, 0.25) is 0 Å². The molecule has 110 valence electrons. The first-order valence-corrected chi connectivity index (χ1v) is 7.46. The number of nitrogens with one attached hydrogen (secondary N) is 1. The van der Waals surface area contributed by atoms with E-state index in [9.17, 15) is 4.79 Å². The molecule has 1 saturated heterocycles. The van der Waals surface area contributed by atoms with Crippen LogP contribution in [0.1, 0.15) is 41.3 Å². The van der Waals surface area contributed by atoms with Crippen LogP contribution in [0.5, 0.6) is 0 Å².